The number of amides is 4. The smallest absolute Gasteiger partial charge is 0.258 e. The monoisotopic (exact) mass is 658 g/mol. The fraction of sp³-hybridized carbons (Fsp3) is 0.379. The van der Waals surface area contributed by atoms with Crippen LogP contribution in [0.2, 0.25) is 0 Å². The zero-order valence-electron chi connectivity index (χ0n) is 22.8. The van der Waals surface area contributed by atoms with Crippen LogP contribution in [0.3, 0.4) is 0 Å². The van der Waals surface area contributed by atoms with Gasteiger partial charge in [0.25, 0.3) is 11.8 Å². The number of aromatic hydroxyl groups is 1. The van der Waals surface area contributed by atoms with Gasteiger partial charge in [0.15, 0.2) is 44.5 Å². The number of anilines is 1. The molecule has 0 aromatic heterocycles. The van der Waals surface area contributed by atoms with E-state index in [1.807, 2.05) is 0 Å². The maximum Gasteiger partial charge on any atom is 0.258 e. The molecule has 2 heterocycles. The lowest BCUT2D eigenvalue weighted by Crippen LogP contribution is -2.60. The Balaban J connectivity index is 1.61. The van der Waals surface area contributed by atoms with Gasteiger partial charge in [-0.3, -0.25) is 24.1 Å². The fourth-order valence-electron chi connectivity index (χ4n) is 7.20. The minimum atomic E-state index is -2.67. The van der Waals surface area contributed by atoms with Crippen LogP contribution in [0.15, 0.2) is 29.8 Å². The van der Waals surface area contributed by atoms with Crippen molar-refractivity contribution in [3.63, 3.8) is 0 Å². The molecule has 1 saturated carbocycles. The van der Waals surface area contributed by atoms with Gasteiger partial charge in [0.1, 0.15) is 5.69 Å². The molecule has 2 aromatic rings. The molecule has 8 nitrogen and oxygen atoms in total. The molecule has 44 heavy (non-hydrogen) atoms. The highest BCUT2D eigenvalue weighted by Crippen LogP contribution is 2.66. The molecule has 2 saturated heterocycles. The Morgan fingerprint density at radius 3 is 2.11 bits per heavy atom. The number of nitrogens with zero attached hydrogens (tertiary/aromatic N) is 2. The van der Waals surface area contributed by atoms with Gasteiger partial charge in [0.05, 0.1) is 18.9 Å². The van der Waals surface area contributed by atoms with E-state index in [4.69, 9.17) is 27.9 Å². The quantitative estimate of drug-likeness (QED) is 0.128. The van der Waals surface area contributed by atoms with Crippen LogP contribution in [-0.4, -0.2) is 57.0 Å². The van der Waals surface area contributed by atoms with E-state index in [1.54, 1.807) is 13.0 Å². The van der Waals surface area contributed by atoms with E-state index < -0.39 is 104 Å². The van der Waals surface area contributed by atoms with Gasteiger partial charge in [-0.1, -0.05) is 17.7 Å². The lowest BCUT2D eigenvalue weighted by Gasteiger charge is -2.50. The molecular formula is C29H21Cl2F5N2O6. The molecule has 6 rings (SSSR count). The number of benzene rings is 2. The SMILES string of the molecule is CCN1C(=O)C2CC=C3C(CC4(Cl)C(=O)N(c5c(F)c(F)c(F)c(F)c5F)C(=O)C4(Cl)C3c3ccc(OC)c(O)c3)C2C1=O. The molecule has 4 amide bonds. The zero-order chi connectivity index (χ0) is 32.2. The zero-order valence-corrected chi connectivity index (χ0v) is 24.3. The lowest BCUT2D eigenvalue weighted by molar-refractivity contribution is -0.140. The Labute approximate surface area is 255 Å². The van der Waals surface area contributed by atoms with E-state index in [1.165, 1.54) is 19.2 Å². The third-order valence-corrected chi connectivity index (χ3v) is 10.6. The fourth-order valence-corrected chi connectivity index (χ4v) is 8.14. The number of ether oxygens (including phenoxy) is 1. The van der Waals surface area contributed by atoms with E-state index in [0.717, 1.165) is 11.0 Å². The number of rotatable bonds is 4. The molecule has 3 fully saturated rings. The van der Waals surface area contributed by atoms with Gasteiger partial charge in [-0.2, -0.15) is 0 Å². The normalized spacial score (nSPS) is 31.2. The van der Waals surface area contributed by atoms with Gasteiger partial charge in [-0.15, -0.1) is 23.2 Å². The number of hydrogen-bond donors (Lipinski definition) is 1. The topological polar surface area (TPSA) is 104 Å². The Morgan fingerprint density at radius 1 is 0.932 bits per heavy atom. The number of methoxy groups -OCH3 is 1. The van der Waals surface area contributed by atoms with Crippen molar-refractivity contribution in [1.29, 1.82) is 0 Å². The Hall–Kier alpha value is -3.71. The molecule has 1 N–H and O–H groups in total. The number of alkyl halides is 2. The minimum absolute atomic E-state index is 0.00608. The molecule has 2 aromatic carbocycles. The minimum Gasteiger partial charge on any atom is -0.504 e. The maximum absolute atomic E-state index is 15.0. The van der Waals surface area contributed by atoms with Gasteiger partial charge in [0, 0.05) is 12.5 Å². The second-order valence-electron chi connectivity index (χ2n) is 11.0. The predicted octanol–water partition coefficient (Wildman–Crippen LogP) is 4.68. The summed E-state index contributed by atoms with van der Waals surface area (Å²) in [5, 5.41) is 10.6. The number of fused-ring (bicyclic) bond motifs is 4. The van der Waals surface area contributed by atoms with Crippen LogP contribution < -0.4 is 9.64 Å². The van der Waals surface area contributed by atoms with Crippen molar-refractivity contribution >= 4 is 52.5 Å². The van der Waals surface area contributed by atoms with Crippen LogP contribution in [0.25, 0.3) is 0 Å². The second kappa shape index (κ2) is 9.90. The molecule has 232 valence electrons. The molecule has 0 spiro atoms. The van der Waals surface area contributed by atoms with Crippen molar-refractivity contribution in [1.82, 2.24) is 4.90 Å². The molecule has 15 heteroatoms. The predicted molar refractivity (Wildman–Crippen MR) is 143 cm³/mol. The van der Waals surface area contributed by atoms with Gasteiger partial charge < -0.3 is 9.84 Å². The van der Waals surface area contributed by atoms with Gasteiger partial charge >= 0.3 is 0 Å². The summed E-state index contributed by atoms with van der Waals surface area (Å²) in [6, 6.07) is 3.83. The van der Waals surface area contributed by atoms with Gasteiger partial charge in [-0.05, 0) is 43.4 Å². The molecule has 6 atom stereocenters. The average Bonchev–Trinajstić information content (AvgIpc) is 3.33. The van der Waals surface area contributed by atoms with E-state index in [9.17, 15) is 37.5 Å². The first-order valence-corrected chi connectivity index (χ1v) is 14.1. The van der Waals surface area contributed by atoms with E-state index >= 15 is 8.78 Å². The summed E-state index contributed by atoms with van der Waals surface area (Å²) in [4.78, 5) is 50.3. The van der Waals surface area contributed by atoms with E-state index in [-0.39, 0.29) is 34.8 Å². The number of carbonyl (C=O) groups excluding carboxylic acids is 4. The number of likely N-dealkylation sites (tertiary alicyclic amines) is 1. The van der Waals surface area contributed by atoms with Crippen LogP contribution in [0, 0.1) is 46.8 Å². The molecule has 0 bridgehead atoms. The first-order valence-electron chi connectivity index (χ1n) is 13.4. The molecule has 2 aliphatic heterocycles. The first kappa shape index (κ1) is 30.3. The van der Waals surface area contributed by atoms with Crippen molar-refractivity contribution in [2.45, 2.75) is 35.4 Å². The van der Waals surface area contributed by atoms with E-state index in [2.05, 4.69) is 0 Å². The van der Waals surface area contributed by atoms with Crippen LogP contribution in [0.5, 0.6) is 11.5 Å². The van der Waals surface area contributed by atoms with E-state index in [0.29, 0.717) is 0 Å². The number of halogens is 7. The van der Waals surface area contributed by atoms with Crippen molar-refractivity contribution in [3.8, 4) is 11.5 Å². The van der Waals surface area contributed by atoms with Crippen molar-refractivity contribution < 1.29 is 51.0 Å². The third-order valence-electron chi connectivity index (χ3n) is 9.17. The standard InChI is InChI=1S/C29H21Cl2F5N2O6/c1-3-37-24(40)12-6-5-11-13(16(12)25(37)41)9-28(30)26(42)38(23-21(35)19(33)18(32)20(34)22(23)36)27(43)29(28,31)17(11)10-4-7-15(44-2)14(39)8-10/h4-5,7-8,12-13,16-17,39H,3,6,9H2,1-2H3. The van der Waals surface area contributed by atoms with Gasteiger partial charge in [0.2, 0.25) is 17.6 Å². The second-order valence-corrected chi connectivity index (χ2v) is 12.3. The highest BCUT2D eigenvalue weighted by molar-refractivity contribution is 6.58. The Kier molecular flexibility index (Phi) is 6.82. The summed E-state index contributed by atoms with van der Waals surface area (Å²) < 4.78 is 77.6. The van der Waals surface area contributed by atoms with Crippen LogP contribution >= 0.6 is 23.2 Å². The number of imide groups is 2. The highest BCUT2D eigenvalue weighted by atomic mass is 35.5. The Morgan fingerprint density at radius 2 is 1.55 bits per heavy atom. The van der Waals surface area contributed by atoms with Crippen molar-refractivity contribution in [3.05, 3.63) is 64.5 Å². The third kappa shape index (κ3) is 3.56. The van der Waals surface area contributed by atoms with Crippen LogP contribution in [-0.2, 0) is 19.2 Å². The highest BCUT2D eigenvalue weighted by Gasteiger charge is 2.77. The average molecular weight is 659 g/mol. The largest absolute Gasteiger partial charge is 0.504 e. The van der Waals surface area contributed by atoms with Crippen LogP contribution in [0.4, 0.5) is 27.6 Å². The van der Waals surface area contributed by atoms with Crippen molar-refractivity contribution in [2.75, 3.05) is 18.6 Å². The van der Waals surface area contributed by atoms with Crippen molar-refractivity contribution in [2.24, 2.45) is 17.8 Å². The summed E-state index contributed by atoms with van der Waals surface area (Å²) in [5.74, 6) is -21.3. The first-order chi connectivity index (χ1) is 20.7. The lowest BCUT2D eigenvalue weighted by atomic mass is 9.56. The van der Waals surface area contributed by atoms with Crippen LogP contribution in [0.1, 0.15) is 31.2 Å². The number of allylic oxidation sites excluding steroid dienone is 2. The summed E-state index contributed by atoms with van der Waals surface area (Å²) in [6.45, 7) is 1.65. The number of phenols is 1. The number of carbonyl (C=O) groups is 4. The summed E-state index contributed by atoms with van der Waals surface area (Å²) in [5.41, 5.74) is -1.52. The molecule has 4 aliphatic rings. The number of phenolic OH excluding ortho intramolecular Hbond substituents is 1. The molecular weight excluding hydrogens is 638 g/mol. The molecule has 2 aliphatic carbocycles. The summed E-state index contributed by atoms with van der Waals surface area (Å²) in [6.07, 6.45) is 1.00. The Bertz CT molecular complexity index is 1710. The summed E-state index contributed by atoms with van der Waals surface area (Å²) in [7, 11) is 1.27. The summed E-state index contributed by atoms with van der Waals surface area (Å²) >= 11 is 14.0. The molecule has 6 unspecified atom stereocenters. The van der Waals surface area contributed by atoms with Gasteiger partial charge in [-0.25, -0.2) is 26.9 Å². The molecule has 0 radical (unpaired) electrons. The maximum atomic E-state index is 15.0. The number of hydrogen-bond acceptors (Lipinski definition) is 6.